The standard InChI is InChI=1S/C66H64N3O2.Pt/c1-63(2,3)48-29-30-56(52(38-48)42-19-14-13-15-20-42)69-57-23-18-22-51(60(57)68-62(69)53-39-50(65(7,8)9)40-54(61(53)70)66(10,11)12)46-33-47(35-49(34-46)64(4,5)6)55-36-44(31-32-67-55)41-25-27-43(28-26-41)59-37-45-21-16-17-24-58(45)71-59;/h13-32,34-40,70H,1-12H3;/q-1;. The van der Waals surface area contributed by atoms with Crippen molar-refractivity contribution < 1.29 is 30.6 Å². The van der Waals surface area contributed by atoms with Crippen LogP contribution in [0.25, 0.3) is 95.0 Å². The SMILES string of the molecule is CC(C)(C)c1cc(-c2cc(-c3ccc(-c4cc5ccccc5o4)cc3)ccn2)[c-]c(-c2cccc3c2nc(-c2cc(C(C)(C)C)cc(C(C)(C)C)c2O)n3-c2ccc(C(C)(C)C)cc2-c2ccccc2)c1.[Pt]. The van der Waals surface area contributed by atoms with Gasteiger partial charge in [0.2, 0.25) is 0 Å². The van der Waals surface area contributed by atoms with Gasteiger partial charge in [-0.25, -0.2) is 4.98 Å². The van der Waals surface area contributed by atoms with Crippen LogP contribution in [-0.2, 0) is 42.7 Å². The Morgan fingerprint density at radius 2 is 1.14 bits per heavy atom. The summed E-state index contributed by atoms with van der Waals surface area (Å²) in [4.78, 5) is 10.7. The molecule has 10 aromatic rings. The molecule has 0 radical (unpaired) electrons. The van der Waals surface area contributed by atoms with Crippen LogP contribution in [0.3, 0.4) is 0 Å². The minimum atomic E-state index is -0.339. The van der Waals surface area contributed by atoms with Gasteiger partial charge in [0.05, 0.1) is 22.3 Å². The maximum atomic E-state index is 12.6. The van der Waals surface area contributed by atoms with Crippen LogP contribution in [0.2, 0.25) is 0 Å². The molecule has 0 unspecified atom stereocenters. The van der Waals surface area contributed by atoms with Gasteiger partial charge in [0.25, 0.3) is 0 Å². The van der Waals surface area contributed by atoms with Gasteiger partial charge < -0.3 is 9.52 Å². The average Bonchev–Trinajstić information content (AvgIpc) is 3.95. The summed E-state index contributed by atoms with van der Waals surface area (Å²) in [5.74, 6) is 1.77. The van der Waals surface area contributed by atoms with E-state index in [1.807, 2.05) is 24.4 Å². The van der Waals surface area contributed by atoms with Crippen LogP contribution in [-0.4, -0.2) is 19.6 Å². The molecule has 0 spiro atoms. The summed E-state index contributed by atoms with van der Waals surface area (Å²) < 4.78 is 8.47. The Morgan fingerprint density at radius 3 is 1.82 bits per heavy atom. The van der Waals surface area contributed by atoms with Crippen LogP contribution in [0.1, 0.15) is 105 Å². The van der Waals surface area contributed by atoms with Gasteiger partial charge in [-0.05, 0) is 91.9 Å². The molecular weight excluding hydrogens is 1060 g/mol. The van der Waals surface area contributed by atoms with Gasteiger partial charge in [0, 0.05) is 55.0 Å². The van der Waals surface area contributed by atoms with E-state index in [1.165, 1.54) is 5.56 Å². The first kappa shape index (κ1) is 50.1. The zero-order valence-electron chi connectivity index (χ0n) is 43.6. The maximum Gasteiger partial charge on any atom is 0.148 e. The fraction of sp³-hybridized carbons (Fsp3) is 0.242. The molecule has 0 fully saturated rings. The molecule has 0 amide bonds. The number of rotatable bonds is 7. The molecule has 3 heterocycles. The van der Waals surface area contributed by atoms with Gasteiger partial charge in [0.1, 0.15) is 22.9 Å². The van der Waals surface area contributed by atoms with Crippen LogP contribution < -0.4 is 0 Å². The Kier molecular flexibility index (Phi) is 13.0. The van der Waals surface area contributed by atoms with Crippen LogP contribution in [0, 0.1) is 6.07 Å². The Labute approximate surface area is 440 Å². The first-order chi connectivity index (χ1) is 33.6. The van der Waals surface area contributed by atoms with Gasteiger partial charge >= 0.3 is 0 Å². The van der Waals surface area contributed by atoms with Crippen molar-refractivity contribution in [1.82, 2.24) is 14.5 Å². The number of fused-ring (bicyclic) bond motifs is 2. The smallest absolute Gasteiger partial charge is 0.148 e. The molecule has 0 saturated heterocycles. The molecule has 0 saturated carbocycles. The van der Waals surface area contributed by atoms with Crippen molar-refractivity contribution in [1.29, 1.82) is 0 Å². The predicted octanol–water partition coefficient (Wildman–Crippen LogP) is 17.9. The van der Waals surface area contributed by atoms with E-state index >= 15 is 0 Å². The summed E-state index contributed by atoms with van der Waals surface area (Å²) in [7, 11) is 0. The van der Waals surface area contributed by atoms with Crippen molar-refractivity contribution in [2.75, 3.05) is 0 Å². The Hall–Kier alpha value is -6.81. The van der Waals surface area contributed by atoms with Gasteiger partial charge in [0.15, 0.2) is 0 Å². The van der Waals surface area contributed by atoms with Gasteiger partial charge in [-0.1, -0.05) is 197 Å². The summed E-state index contributed by atoms with van der Waals surface area (Å²) in [6.07, 6.45) is 1.89. The second-order valence-corrected chi connectivity index (χ2v) is 23.3. The van der Waals surface area contributed by atoms with Crippen LogP contribution in [0.4, 0.5) is 0 Å². The summed E-state index contributed by atoms with van der Waals surface area (Å²) >= 11 is 0. The molecule has 0 atom stereocenters. The number of aromatic nitrogens is 3. The van der Waals surface area contributed by atoms with Gasteiger partial charge in [-0.15, -0.1) is 29.3 Å². The Balaban J connectivity index is 0.00000640. The molecule has 6 heteroatoms. The number of phenols is 1. The minimum Gasteiger partial charge on any atom is -0.507 e. The van der Waals surface area contributed by atoms with E-state index in [4.69, 9.17) is 14.4 Å². The first-order valence-electron chi connectivity index (χ1n) is 24.9. The Bertz CT molecular complexity index is 3590. The van der Waals surface area contributed by atoms with Crippen molar-refractivity contribution in [2.24, 2.45) is 0 Å². The van der Waals surface area contributed by atoms with Crippen LogP contribution in [0.5, 0.6) is 5.75 Å². The maximum absolute atomic E-state index is 12.6. The fourth-order valence-corrected chi connectivity index (χ4v) is 9.59. The van der Waals surface area contributed by atoms with Crippen molar-refractivity contribution >= 4 is 22.0 Å². The number of benzene rings is 7. The number of hydrogen-bond acceptors (Lipinski definition) is 4. The molecule has 0 aliphatic heterocycles. The average molecular weight is 1130 g/mol. The van der Waals surface area contributed by atoms with Crippen molar-refractivity contribution in [3.05, 3.63) is 192 Å². The molecular formula is C66H64N3O2Pt-. The van der Waals surface area contributed by atoms with Gasteiger partial charge in [-0.2, -0.15) is 0 Å². The molecule has 72 heavy (non-hydrogen) atoms. The molecule has 7 aromatic carbocycles. The molecule has 366 valence electrons. The second-order valence-electron chi connectivity index (χ2n) is 23.3. The number of furan rings is 1. The number of pyridine rings is 1. The van der Waals surface area contributed by atoms with Crippen molar-refractivity contribution in [2.45, 2.75) is 105 Å². The third-order valence-electron chi connectivity index (χ3n) is 13.9. The molecule has 5 nitrogen and oxygen atoms in total. The van der Waals surface area contributed by atoms with E-state index in [-0.39, 0.29) is 48.5 Å². The zero-order chi connectivity index (χ0) is 50.2. The fourth-order valence-electron chi connectivity index (χ4n) is 9.59. The zero-order valence-corrected chi connectivity index (χ0v) is 45.9. The summed E-state index contributed by atoms with van der Waals surface area (Å²) in [5, 5.41) is 13.7. The molecule has 1 N–H and O–H groups in total. The normalized spacial score (nSPS) is 12.4. The number of para-hydroxylation sites is 2. The number of imidazole rings is 1. The van der Waals surface area contributed by atoms with E-state index < -0.39 is 0 Å². The van der Waals surface area contributed by atoms with E-state index in [9.17, 15) is 5.11 Å². The largest absolute Gasteiger partial charge is 0.507 e. The van der Waals surface area contributed by atoms with E-state index in [0.717, 1.165) is 100 Å². The third-order valence-corrected chi connectivity index (χ3v) is 13.9. The third kappa shape index (κ3) is 9.64. The first-order valence-corrected chi connectivity index (χ1v) is 24.9. The summed E-state index contributed by atoms with van der Waals surface area (Å²) in [6.45, 7) is 26.7. The monoisotopic (exact) mass is 1130 g/mol. The number of hydrogen-bond donors (Lipinski definition) is 1. The van der Waals surface area contributed by atoms with Crippen molar-refractivity contribution in [3.8, 4) is 78.8 Å². The number of phenolic OH excluding ortho intramolecular Hbond substituents is 1. The number of aromatic hydroxyl groups is 1. The van der Waals surface area contributed by atoms with E-state index in [0.29, 0.717) is 11.4 Å². The second kappa shape index (κ2) is 18.7. The minimum absolute atomic E-state index is 0. The summed E-state index contributed by atoms with van der Waals surface area (Å²) in [5.41, 5.74) is 16.9. The number of nitrogens with zero attached hydrogens (tertiary/aromatic N) is 3. The molecule has 0 aliphatic carbocycles. The molecule has 10 rings (SSSR count). The van der Waals surface area contributed by atoms with E-state index in [2.05, 4.69) is 233 Å². The quantitative estimate of drug-likeness (QED) is 0.162. The summed E-state index contributed by atoms with van der Waals surface area (Å²) in [6, 6.07) is 59.6. The molecule has 0 bridgehead atoms. The van der Waals surface area contributed by atoms with Crippen LogP contribution in [0.15, 0.2) is 168 Å². The Morgan fingerprint density at radius 1 is 0.500 bits per heavy atom. The van der Waals surface area contributed by atoms with Gasteiger partial charge in [-0.3, -0.25) is 9.55 Å². The topological polar surface area (TPSA) is 64.1 Å². The molecule has 3 aromatic heterocycles. The van der Waals surface area contributed by atoms with Crippen LogP contribution >= 0.6 is 0 Å². The van der Waals surface area contributed by atoms with E-state index in [1.54, 1.807) is 0 Å². The van der Waals surface area contributed by atoms with Crippen molar-refractivity contribution in [3.63, 3.8) is 0 Å². The predicted molar refractivity (Wildman–Crippen MR) is 297 cm³/mol. The molecule has 0 aliphatic rings.